The predicted molar refractivity (Wildman–Crippen MR) is 137 cm³/mol. The molecule has 180 valence electrons. The summed E-state index contributed by atoms with van der Waals surface area (Å²) in [6.45, 7) is 3.97. The number of benzene rings is 2. The summed E-state index contributed by atoms with van der Waals surface area (Å²) in [4.78, 5) is 35.1. The molecule has 6 rings (SSSR count). The molecule has 1 N–H and O–H groups in total. The normalized spacial score (nSPS) is 17.0. The van der Waals surface area contributed by atoms with Crippen LogP contribution in [0.1, 0.15) is 35.5 Å². The summed E-state index contributed by atoms with van der Waals surface area (Å²) in [7, 11) is 0. The lowest BCUT2D eigenvalue weighted by atomic mass is 10.0. The molecule has 36 heavy (non-hydrogen) atoms. The molecule has 0 atom stereocenters. The third-order valence-electron chi connectivity index (χ3n) is 6.75. The zero-order chi connectivity index (χ0) is 25.2. The van der Waals surface area contributed by atoms with Crippen LogP contribution in [0.5, 0.6) is 0 Å². The second-order valence-corrected chi connectivity index (χ2v) is 9.76. The van der Waals surface area contributed by atoms with E-state index in [4.69, 9.17) is 12.2 Å². The Balaban J connectivity index is 1.29. The van der Waals surface area contributed by atoms with Gasteiger partial charge < -0.3 is 9.80 Å². The van der Waals surface area contributed by atoms with Crippen LogP contribution in [0.25, 0.3) is 10.9 Å². The summed E-state index contributed by atoms with van der Waals surface area (Å²) in [6.07, 6.45) is 3.32. The van der Waals surface area contributed by atoms with Crippen molar-refractivity contribution >= 4 is 51.4 Å². The van der Waals surface area contributed by atoms with Crippen LogP contribution in [0.4, 0.5) is 15.8 Å². The molecule has 0 spiro atoms. The van der Waals surface area contributed by atoms with Crippen LogP contribution in [-0.2, 0) is 17.9 Å². The van der Waals surface area contributed by atoms with Crippen LogP contribution in [-0.4, -0.2) is 42.5 Å². The summed E-state index contributed by atoms with van der Waals surface area (Å²) in [6, 6.07) is 13.7. The highest BCUT2D eigenvalue weighted by Gasteiger charge is 2.50. The SMILES string of the molecule is CC1(C)C(=O)N(c2ccc3[nH]ncc3c2)C(=S)N1c1ccc(CN2Cc3ncccc3C2=O)c(F)c1. The molecule has 2 aliphatic rings. The van der Waals surface area contributed by atoms with E-state index in [2.05, 4.69) is 15.2 Å². The number of aromatic nitrogens is 3. The maximum Gasteiger partial charge on any atom is 0.259 e. The minimum absolute atomic E-state index is 0.116. The molecule has 2 aliphatic heterocycles. The first-order chi connectivity index (χ1) is 17.3. The fraction of sp³-hybridized carbons (Fsp3) is 0.192. The number of halogens is 1. The first kappa shape index (κ1) is 22.3. The minimum Gasteiger partial charge on any atom is -0.328 e. The predicted octanol–water partition coefficient (Wildman–Crippen LogP) is 4.17. The molecule has 0 saturated carbocycles. The van der Waals surface area contributed by atoms with E-state index in [-0.39, 0.29) is 23.5 Å². The Morgan fingerprint density at radius 2 is 1.92 bits per heavy atom. The van der Waals surface area contributed by atoms with Gasteiger partial charge in [-0.2, -0.15) is 5.10 Å². The average molecular weight is 501 g/mol. The van der Waals surface area contributed by atoms with Gasteiger partial charge in [-0.1, -0.05) is 6.07 Å². The number of rotatable bonds is 4. The molecule has 2 aromatic carbocycles. The van der Waals surface area contributed by atoms with Gasteiger partial charge in [-0.25, -0.2) is 4.39 Å². The van der Waals surface area contributed by atoms with Crippen molar-refractivity contribution in [1.29, 1.82) is 0 Å². The highest BCUT2D eigenvalue weighted by Crippen LogP contribution is 2.37. The van der Waals surface area contributed by atoms with Gasteiger partial charge in [-0.3, -0.25) is 24.6 Å². The first-order valence-electron chi connectivity index (χ1n) is 11.4. The third-order valence-corrected chi connectivity index (χ3v) is 7.12. The van der Waals surface area contributed by atoms with Crippen molar-refractivity contribution in [2.24, 2.45) is 0 Å². The smallest absolute Gasteiger partial charge is 0.259 e. The molecule has 1 saturated heterocycles. The Morgan fingerprint density at radius 3 is 2.69 bits per heavy atom. The molecule has 4 heterocycles. The summed E-state index contributed by atoms with van der Waals surface area (Å²) in [5.74, 6) is -0.861. The van der Waals surface area contributed by atoms with Crippen molar-refractivity contribution in [2.45, 2.75) is 32.5 Å². The molecule has 0 aliphatic carbocycles. The Kier molecular flexibility index (Phi) is 4.91. The Labute approximate surface area is 211 Å². The van der Waals surface area contributed by atoms with Crippen LogP contribution < -0.4 is 9.80 Å². The molecular formula is C26H21FN6O2S. The molecule has 0 unspecified atom stereocenters. The van der Waals surface area contributed by atoms with Gasteiger partial charge in [0.25, 0.3) is 11.8 Å². The second-order valence-electron chi connectivity index (χ2n) is 9.39. The monoisotopic (exact) mass is 500 g/mol. The number of pyridine rings is 1. The van der Waals surface area contributed by atoms with Crippen molar-refractivity contribution in [1.82, 2.24) is 20.1 Å². The Bertz CT molecular complexity index is 1580. The lowest BCUT2D eigenvalue weighted by Crippen LogP contribution is -2.44. The maximum absolute atomic E-state index is 15.3. The van der Waals surface area contributed by atoms with E-state index in [1.54, 1.807) is 66.4 Å². The van der Waals surface area contributed by atoms with Crippen molar-refractivity contribution < 1.29 is 14.0 Å². The van der Waals surface area contributed by atoms with E-state index in [1.807, 2.05) is 12.1 Å². The molecule has 2 aromatic heterocycles. The number of anilines is 2. The molecule has 2 amide bonds. The van der Waals surface area contributed by atoms with Crippen molar-refractivity contribution in [3.8, 4) is 0 Å². The molecule has 8 nitrogen and oxygen atoms in total. The fourth-order valence-electron chi connectivity index (χ4n) is 4.84. The quantitative estimate of drug-likeness (QED) is 0.424. The summed E-state index contributed by atoms with van der Waals surface area (Å²) >= 11 is 5.73. The van der Waals surface area contributed by atoms with Gasteiger partial charge in [0, 0.05) is 29.4 Å². The third kappa shape index (κ3) is 3.29. The number of hydrogen-bond donors (Lipinski definition) is 1. The van der Waals surface area contributed by atoms with E-state index in [9.17, 15) is 9.59 Å². The van der Waals surface area contributed by atoms with Gasteiger partial charge in [-0.15, -0.1) is 0 Å². The first-order valence-corrected chi connectivity index (χ1v) is 11.8. The van der Waals surface area contributed by atoms with Crippen LogP contribution in [0, 0.1) is 5.82 Å². The van der Waals surface area contributed by atoms with E-state index < -0.39 is 11.4 Å². The number of carbonyl (C=O) groups excluding carboxylic acids is 2. The van der Waals surface area contributed by atoms with Gasteiger partial charge in [0.2, 0.25) is 0 Å². The molecule has 0 radical (unpaired) electrons. The molecule has 10 heteroatoms. The van der Waals surface area contributed by atoms with Gasteiger partial charge in [-0.05, 0) is 68.5 Å². The number of amides is 2. The number of fused-ring (bicyclic) bond motifs is 2. The molecule has 0 bridgehead atoms. The lowest BCUT2D eigenvalue weighted by molar-refractivity contribution is -0.120. The molecule has 4 aromatic rings. The Morgan fingerprint density at radius 1 is 1.11 bits per heavy atom. The number of thiocarbonyl (C=S) groups is 1. The highest BCUT2D eigenvalue weighted by molar-refractivity contribution is 7.81. The van der Waals surface area contributed by atoms with E-state index in [0.717, 1.165) is 10.9 Å². The van der Waals surface area contributed by atoms with Crippen molar-refractivity contribution in [3.63, 3.8) is 0 Å². The van der Waals surface area contributed by atoms with E-state index >= 15 is 4.39 Å². The standard InChI is InChI=1S/C26H21FN6O2S/c1-26(2)24(35)32(17-7-8-21-16(10-17)12-29-30-21)25(36)33(26)18-6-5-15(20(27)11-18)13-31-14-22-19(23(31)34)4-3-9-28-22/h3-12H,13-14H2,1-2H3,(H,29,30). The summed E-state index contributed by atoms with van der Waals surface area (Å²) in [5.41, 5.74) is 2.50. The number of nitrogens with zero attached hydrogens (tertiary/aromatic N) is 5. The van der Waals surface area contributed by atoms with Gasteiger partial charge >= 0.3 is 0 Å². The minimum atomic E-state index is -1.03. The number of nitrogens with one attached hydrogen (secondary N) is 1. The Hall–Kier alpha value is -4.18. The van der Waals surface area contributed by atoms with Crippen molar-refractivity contribution in [3.05, 3.63) is 83.6 Å². The fourth-order valence-corrected chi connectivity index (χ4v) is 5.37. The van der Waals surface area contributed by atoms with Crippen LogP contribution in [0.2, 0.25) is 0 Å². The van der Waals surface area contributed by atoms with Crippen LogP contribution in [0.3, 0.4) is 0 Å². The summed E-state index contributed by atoms with van der Waals surface area (Å²) < 4.78 is 15.3. The maximum atomic E-state index is 15.3. The summed E-state index contributed by atoms with van der Waals surface area (Å²) in [5, 5.41) is 8.03. The number of hydrogen-bond acceptors (Lipinski definition) is 5. The van der Waals surface area contributed by atoms with Crippen molar-refractivity contribution in [2.75, 3.05) is 9.80 Å². The molecule has 1 fully saturated rings. The largest absolute Gasteiger partial charge is 0.328 e. The number of carbonyl (C=O) groups is 2. The zero-order valence-electron chi connectivity index (χ0n) is 19.5. The number of aromatic amines is 1. The zero-order valence-corrected chi connectivity index (χ0v) is 20.3. The average Bonchev–Trinajstić information content (AvgIpc) is 3.49. The van der Waals surface area contributed by atoms with E-state index in [1.165, 1.54) is 11.0 Å². The van der Waals surface area contributed by atoms with Gasteiger partial charge in [0.05, 0.1) is 35.2 Å². The lowest BCUT2D eigenvalue weighted by Gasteiger charge is -2.29. The highest BCUT2D eigenvalue weighted by atomic mass is 32.1. The van der Waals surface area contributed by atoms with Gasteiger partial charge in [0.15, 0.2) is 5.11 Å². The topological polar surface area (TPSA) is 85.4 Å². The van der Waals surface area contributed by atoms with Crippen LogP contribution in [0.15, 0.2) is 60.9 Å². The van der Waals surface area contributed by atoms with E-state index in [0.29, 0.717) is 34.7 Å². The number of H-pyrrole nitrogens is 1. The van der Waals surface area contributed by atoms with Gasteiger partial charge in [0.1, 0.15) is 11.4 Å². The molecular weight excluding hydrogens is 479 g/mol. The second kappa shape index (κ2) is 7.92. The van der Waals surface area contributed by atoms with Crippen LogP contribution >= 0.6 is 12.2 Å².